The molecule has 0 aliphatic rings. The number of alkyl halides is 3. The number of carboxylic acid groups (broad SMARTS) is 1. The molecular formula is C30H23F4N3O4S. The van der Waals surface area contributed by atoms with Crippen molar-refractivity contribution >= 4 is 39.2 Å². The summed E-state index contributed by atoms with van der Waals surface area (Å²) in [6.45, 7) is 0. The number of halogens is 4. The molecule has 0 unspecified atom stereocenters. The number of imidazole rings is 1. The first-order chi connectivity index (χ1) is 19.9. The van der Waals surface area contributed by atoms with Crippen molar-refractivity contribution < 1.29 is 35.9 Å². The van der Waals surface area contributed by atoms with Gasteiger partial charge in [-0.3, -0.25) is 0 Å². The highest BCUT2D eigenvalue weighted by atomic mass is 32.2. The molecule has 5 aromatic rings. The molecule has 1 aromatic heterocycles. The number of benzene rings is 4. The molecule has 7 nitrogen and oxygen atoms in total. The first-order valence-electron chi connectivity index (χ1n) is 12.2. The third-order valence-corrected chi connectivity index (χ3v) is 7.40. The minimum absolute atomic E-state index is 0.0452. The second-order valence-corrected chi connectivity index (χ2v) is 10.7. The topological polar surface area (TPSA) is 112 Å². The van der Waals surface area contributed by atoms with Gasteiger partial charge in [-0.2, -0.15) is 13.2 Å². The highest BCUT2D eigenvalue weighted by Crippen LogP contribution is 2.31. The van der Waals surface area contributed by atoms with E-state index in [4.69, 9.17) is 0 Å². The third-order valence-electron chi connectivity index (χ3n) is 5.97. The normalized spacial score (nSPS) is 11.8. The number of carboxylic acids is 1. The summed E-state index contributed by atoms with van der Waals surface area (Å²) in [5.74, 6) is -1.67. The van der Waals surface area contributed by atoms with E-state index in [1.807, 2.05) is 0 Å². The van der Waals surface area contributed by atoms with Crippen LogP contribution in [-0.2, 0) is 16.2 Å². The molecule has 0 spiro atoms. The summed E-state index contributed by atoms with van der Waals surface area (Å²) in [6, 6.07) is 22.3. The van der Waals surface area contributed by atoms with Gasteiger partial charge in [0.25, 0.3) is 0 Å². The third kappa shape index (κ3) is 7.28. The van der Waals surface area contributed by atoms with E-state index in [1.165, 1.54) is 25.3 Å². The van der Waals surface area contributed by atoms with Crippen molar-refractivity contribution in [3.8, 4) is 11.1 Å². The fourth-order valence-corrected chi connectivity index (χ4v) is 4.71. The number of sulfonamides is 1. The van der Waals surface area contributed by atoms with Gasteiger partial charge < -0.3 is 10.1 Å². The molecular weight excluding hydrogens is 574 g/mol. The summed E-state index contributed by atoms with van der Waals surface area (Å²) in [6.07, 6.45) is -1.87. The van der Waals surface area contributed by atoms with Crippen LogP contribution in [0, 0.1) is 5.82 Å². The number of aromatic amines is 1. The number of fused-ring (bicyclic) bond motifs is 1. The summed E-state index contributed by atoms with van der Waals surface area (Å²) in [7, 11) is -1.86. The first kappa shape index (κ1) is 30.2. The number of H-pyrrole nitrogens is 1. The van der Waals surface area contributed by atoms with Crippen molar-refractivity contribution in [1.82, 2.24) is 14.7 Å². The molecule has 12 heteroatoms. The zero-order valence-electron chi connectivity index (χ0n) is 21.9. The van der Waals surface area contributed by atoms with Crippen LogP contribution in [0.3, 0.4) is 0 Å². The van der Waals surface area contributed by atoms with Crippen LogP contribution in [0.1, 0.15) is 27.3 Å². The van der Waals surface area contributed by atoms with Gasteiger partial charge in [0, 0.05) is 0 Å². The lowest BCUT2D eigenvalue weighted by atomic mass is 9.99. The molecule has 42 heavy (non-hydrogen) atoms. The van der Waals surface area contributed by atoms with E-state index >= 15 is 0 Å². The molecule has 0 fully saturated rings. The predicted molar refractivity (Wildman–Crippen MR) is 152 cm³/mol. The number of carbonyl (C=O) groups is 1. The Morgan fingerprint density at radius 2 is 1.62 bits per heavy atom. The van der Waals surface area contributed by atoms with E-state index < -0.39 is 33.5 Å². The summed E-state index contributed by atoms with van der Waals surface area (Å²) in [5, 5.41) is 9.39. The zero-order valence-corrected chi connectivity index (χ0v) is 22.7. The van der Waals surface area contributed by atoms with E-state index in [2.05, 4.69) is 14.7 Å². The van der Waals surface area contributed by atoms with Crippen LogP contribution in [0.4, 0.5) is 17.6 Å². The summed E-state index contributed by atoms with van der Waals surface area (Å²) in [4.78, 5) is 19.1. The standard InChI is InChI=1S/C23H14F4N2O2.C7H9NO2S/c24-16-10-13(9-15(12-16)23(25,26)27)5-8-21-28-19-7-6-14(11-20(19)29-21)17-3-1-2-4-18(17)22(30)31;1-8-11(9,10)7-5-3-2-4-6-7/h1-12H,(H,28,29)(H,30,31);2-6,8H,1H3/b8-5+;. The molecule has 0 aliphatic carbocycles. The van der Waals surface area contributed by atoms with Crippen LogP contribution >= 0.6 is 0 Å². The lowest BCUT2D eigenvalue weighted by Gasteiger charge is -2.07. The molecule has 5 rings (SSSR count). The van der Waals surface area contributed by atoms with Crippen LogP contribution in [0.5, 0.6) is 0 Å². The van der Waals surface area contributed by atoms with Gasteiger partial charge in [0.2, 0.25) is 10.0 Å². The molecule has 0 bridgehead atoms. The summed E-state index contributed by atoms with van der Waals surface area (Å²) in [5.41, 5.74) is 1.56. The second-order valence-electron chi connectivity index (χ2n) is 8.83. The summed E-state index contributed by atoms with van der Waals surface area (Å²) < 4.78 is 76.5. The van der Waals surface area contributed by atoms with Gasteiger partial charge in [-0.1, -0.05) is 48.5 Å². The first-order valence-corrected chi connectivity index (χ1v) is 13.7. The van der Waals surface area contributed by atoms with Gasteiger partial charge in [-0.05, 0) is 78.3 Å². The van der Waals surface area contributed by atoms with Crippen molar-refractivity contribution in [2.24, 2.45) is 0 Å². The van der Waals surface area contributed by atoms with Crippen molar-refractivity contribution in [2.75, 3.05) is 7.05 Å². The second kappa shape index (κ2) is 12.4. The maximum absolute atomic E-state index is 13.5. The maximum Gasteiger partial charge on any atom is 0.416 e. The monoisotopic (exact) mass is 597 g/mol. The molecule has 4 aromatic carbocycles. The number of nitrogens with one attached hydrogen (secondary N) is 2. The van der Waals surface area contributed by atoms with Gasteiger partial charge in [-0.15, -0.1) is 0 Å². The Bertz CT molecular complexity index is 1870. The Morgan fingerprint density at radius 3 is 2.29 bits per heavy atom. The number of hydrogen-bond acceptors (Lipinski definition) is 4. The highest BCUT2D eigenvalue weighted by molar-refractivity contribution is 7.89. The Hall–Kier alpha value is -4.81. The Kier molecular flexibility index (Phi) is 8.88. The van der Waals surface area contributed by atoms with Gasteiger partial charge in [0.1, 0.15) is 11.6 Å². The van der Waals surface area contributed by atoms with Gasteiger partial charge in [0.15, 0.2) is 0 Å². The Labute approximate surface area is 238 Å². The van der Waals surface area contributed by atoms with Crippen molar-refractivity contribution in [3.05, 3.63) is 119 Å². The van der Waals surface area contributed by atoms with Gasteiger partial charge >= 0.3 is 12.1 Å². The SMILES string of the molecule is CNS(=O)(=O)c1ccccc1.O=C(O)c1ccccc1-c1ccc2nc(/C=C/c3cc(F)cc(C(F)(F)F)c3)[nH]c2c1. The molecule has 0 amide bonds. The number of hydrogen-bond donors (Lipinski definition) is 3. The van der Waals surface area contributed by atoms with Gasteiger partial charge in [-0.25, -0.2) is 27.3 Å². The van der Waals surface area contributed by atoms with E-state index in [9.17, 15) is 35.9 Å². The predicted octanol–water partition coefficient (Wildman–Crippen LogP) is 6.85. The number of nitrogens with zero attached hydrogens (tertiary/aromatic N) is 1. The number of aromatic carboxylic acids is 1. The molecule has 0 radical (unpaired) electrons. The molecule has 3 N–H and O–H groups in total. The van der Waals surface area contributed by atoms with Crippen LogP contribution < -0.4 is 4.72 Å². The van der Waals surface area contributed by atoms with Gasteiger partial charge in [0.05, 0.1) is 27.1 Å². The quantitative estimate of drug-likeness (QED) is 0.185. The van der Waals surface area contributed by atoms with E-state index in [-0.39, 0.29) is 11.1 Å². The average molecular weight is 598 g/mol. The lowest BCUT2D eigenvalue weighted by molar-refractivity contribution is -0.137. The van der Waals surface area contributed by atoms with Crippen LogP contribution in [0.25, 0.3) is 34.3 Å². The highest BCUT2D eigenvalue weighted by Gasteiger charge is 2.31. The fraction of sp³-hybridized carbons (Fsp3) is 0.0667. The average Bonchev–Trinajstić information content (AvgIpc) is 3.38. The van der Waals surface area contributed by atoms with E-state index in [0.717, 1.165) is 12.1 Å². The van der Waals surface area contributed by atoms with Crippen LogP contribution in [-0.4, -0.2) is 36.5 Å². The molecule has 1 heterocycles. The van der Waals surface area contributed by atoms with E-state index in [0.29, 0.717) is 38.9 Å². The minimum Gasteiger partial charge on any atom is -0.478 e. The molecule has 0 atom stereocenters. The molecule has 216 valence electrons. The van der Waals surface area contributed by atoms with Crippen LogP contribution in [0.15, 0.2) is 95.9 Å². The van der Waals surface area contributed by atoms with Crippen molar-refractivity contribution in [1.29, 1.82) is 0 Å². The molecule has 0 saturated carbocycles. The number of aromatic nitrogens is 2. The zero-order chi connectivity index (χ0) is 30.5. The number of rotatable bonds is 6. The Balaban J connectivity index is 0.000000310. The molecule has 0 saturated heterocycles. The van der Waals surface area contributed by atoms with Crippen molar-refractivity contribution in [2.45, 2.75) is 11.1 Å². The molecule has 0 aliphatic heterocycles. The Morgan fingerprint density at radius 1 is 0.929 bits per heavy atom. The van der Waals surface area contributed by atoms with Crippen LogP contribution in [0.2, 0.25) is 0 Å². The fourth-order valence-electron chi connectivity index (χ4n) is 3.96. The maximum atomic E-state index is 13.5. The minimum atomic E-state index is -4.65. The lowest BCUT2D eigenvalue weighted by Crippen LogP contribution is -2.18. The largest absolute Gasteiger partial charge is 0.478 e. The van der Waals surface area contributed by atoms with Crippen molar-refractivity contribution in [3.63, 3.8) is 0 Å². The summed E-state index contributed by atoms with van der Waals surface area (Å²) >= 11 is 0. The smallest absolute Gasteiger partial charge is 0.416 e. The van der Waals surface area contributed by atoms with E-state index in [1.54, 1.807) is 66.7 Å².